The molecule has 0 heterocycles. The number of nitrogens with two attached hydrogens (primary N) is 1. The molecular weight excluding hydrogens is 254 g/mol. The molecule has 0 saturated heterocycles. The Morgan fingerprint density at radius 3 is 2.56 bits per heavy atom. The van der Waals surface area contributed by atoms with Crippen LogP contribution in [0.15, 0.2) is 12.1 Å². The molecule has 0 radical (unpaired) electrons. The van der Waals surface area contributed by atoms with Gasteiger partial charge in [-0.3, -0.25) is 4.79 Å². The van der Waals surface area contributed by atoms with Gasteiger partial charge in [0.05, 0.1) is 13.5 Å². The highest BCUT2D eigenvalue weighted by molar-refractivity contribution is 6.30. The van der Waals surface area contributed by atoms with Crippen LogP contribution in [0.2, 0.25) is 5.02 Å². The van der Waals surface area contributed by atoms with E-state index in [1.54, 1.807) is 19.2 Å². The van der Waals surface area contributed by atoms with Crippen molar-refractivity contribution in [3.05, 3.63) is 28.3 Å². The molecule has 4 nitrogen and oxygen atoms in total. The topological polar surface area (TPSA) is 72.5 Å². The summed E-state index contributed by atoms with van der Waals surface area (Å²) in [6.07, 6.45) is -0.136. The van der Waals surface area contributed by atoms with Gasteiger partial charge in [0.2, 0.25) is 0 Å². The number of carbonyl (C=O) groups is 1. The highest BCUT2D eigenvalue weighted by atomic mass is 35.5. The van der Waals surface area contributed by atoms with Crippen LogP contribution in [0.4, 0.5) is 0 Å². The van der Waals surface area contributed by atoms with Crippen LogP contribution in [0.25, 0.3) is 0 Å². The van der Waals surface area contributed by atoms with Gasteiger partial charge in [0.15, 0.2) is 0 Å². The van der Waals surface area contributed by atoms with Gasteiger partial charge in [0, 0.05) is 16.6 Å². The molecular formula is C13H18ClNO3. The van der Waals surface area contributed by atoms with Gasteiger partial charge in [-0.2, -0.15) is 0 Å². The van der Waals surface area contributed by atoms with Crippen LogP contribution in [0.5, 0.6) is 5.75 Å². The van der Waals surface area contributed by atoms with E-state index in [4.69, 9.17) is 27.2 Å². The Balaban J connectivity index is 3.31. The molecule has 0 fully saturated rings. The van der Waals surface area contributed by atoms with Gasteiger partial charge in [0.1, 0.15) is 5.75 Å². The van der Waals surface area contributed by atoms with Crippen molar-refractivity contribution in [2.45, 2.75) is 32.2 Å². The first-order chi connectivity index (χ1) is 8.36. The minimum Gasteiger partial charge on any atom is -0.496 e. The van der Waals surface area contributed by atoms with Gasteiger partial charge in [-0.25, -0.2) is 0 Å². The third kappa shape index (κ3) is 3.37. The second-order valence-electron chi connectivity index (χ2n) is 4.47. The van der Waals surface area contributed by atoms with E-state index in [-0.39, 0.29) is 12.3 Å². The molecule has 1 aromatic rings. The van der Waals surface area contributed by atoms with Crippen LogP contribution in [0.3, 0.4) is 0 Å². The predicted octanol–water partition coefficient (Wildman–Crippen LogP) is 2.95. The minimum atomic E-state index is -0.934. The first-order valence-corrected chi connectivity index (χ1v) is 6.09. The Labute approximate surface area is 112 Å². The minimum absolute atomic E-state index is 0.136. The number of aliphatic carboxylic acids is 1. The Kier molecular flexibility index (Phi) is 4.99. The van der Waals surface area contributed by atoms with Crippen molar-refractivity contribution in [1.82, 2.24) is 0 Å². The lowest BCUT2D eigenvalue weighted by Crippen LogP contribution is -2.17. The number of methoxy groups -OCH3 is 1. The summed E-state index contributed by atoms with van der Waals surface area (Å²) >= 11 is 6.00. The fourth-order valence-corrected chi connectivity index (χ4v) is 2.22. The molecule has 18 heavy (non-hydrogen) atoms. The van der Waals surface area contributed by atoms with Crippen molar-refractivity contribution in [3.63, 3.8) is 0 Å². The third-order valence-corrected chi connectivity index (χ3v) is 2.95. The molecule has 0 aliphatic rings. The molecule has 0 spiro atoms. The second kappa shape index (κ2) is 6.07. The molecule has 0 bridgehead atoms. The zero-order valence-electron chi connectivity index (χ0n) is 10.7. The van der Waals surface area contributed by atoms with Crippen molar-refractivity contribution in [2.75, 3.05) is 7.11 Å². The van der Waals surface area contributed by atoms with E-state index >= 15 is 0 Å². The van der Waals surface area contributed by atoms with E-state index in [1.165, 1.54) is 0 Å². The van der Waals surface area contributed by atoms with Gasteiger partial charge in [-0.05, 0) is 23.6 Å². The van der Waals surface area contributed by atoms with Crippen molar-refractivity contribution in [3.8, 4) is 5.75 Å². The molecule has 5 heteroatoms. The number of hydrogen-bond donors (Lipinski definition) is 2. The number of carboxylic acids is 1. The number of halogens is 1. The zero-order valence-corrected chi connectivity index (χ0v) is 11.5. The summed E-state index contributed by atoms with van der Waals surface area (Å²) < 4.78 is 5.30. The van der Waals surface area contributed by atoms with Crippen molar-refractivity contribution in [1.29, 1.82) is 0 Å². The van der Waals surface area contributed by atoms with Gasteiger partial charge in [-0.1, -0.05) is 25.4 Å². The zero-order chi connectivity index (χ0) is 13.9. The molecule has 0 saturated carbocycles. The van der Waals surface area contributed by atoms with Crippen LogP contribution >= 0.6 is 11.6 Å². The number of ether oxygens (including phenoxy) is 1. The first kappa shape index (κ1) is 14.8. The lowest BCUT2D eigenvalue weighted by molar-refractivity contribution is -0.137. The molecule has 1 rings (SSSR count). The van der Waals surface area contributed by atoms with Gasteiger partial charge >= 0.3 is 5.97 Å². The van der Waals surface area contributed by atoms with Crippen molar-refractivity contribution in [2.24, 2.45) is 5.73 Å². The molecule has 0 aromatic heterocycles. The SMILES string of the molecule is COc1cc(Cl)cc(C(N)CC(=O)O)c1C(C)C. The maximum absolute atomic E-state index is 10.8. The van der Waals surface area contributed by atoms with E-state index in [1.807, 2.05) is 13.8 Å². The number of benzene rings is 1. The Bertz CT molecular complexity index is 446. The maximum Gasteiger partial charge on any atom is 0.305 e. The molecule has 3 N–H and O–H groups in total. The molecule has 1 unspecified atom stereocenters. The second-order valence-corrected chi connectivity index (χ2v) is 4.91. The first-order valence-electron chi connectivity index (χ1n) is 5.71. The summed E-state index contributed by atoms with van der Waals surface area (Å²) in [7, 11) is 1.56. The molecule has 0 aliphatic heterocycles. The quantitative estimate of drug-likeness (QED) is 0.864. The molecule has 1 atom stereocenters. The summed E-state index contributed by atoms with van der Waals surface area (Å²) in [5.41, 5.74) is 7.58. The van der Waals surface area contributed by atoms with E-state index < -0.39 is 12.0 Å². The molecule has 100 valence electrons. The average molecular weight is 272 g/mol. The van der Waals surface area contributed by atoms with Crippen LogP contribution in [0, 0.1) is 0 Å². The number of hydrogen-bond acceptors (Lipinski definition) is 3. The lowest BCUT2D eigenvalue weighted by Gasteiger charge is -2.21. The summed E-state index contributed by atoms with van der Waals surface area (Å²) in [5.74, 6) is -0.114. The molecule has 0 amide bonds. The van der Waals surface area contributed by atoms with Crippen molar-refractivity contribution >= 4 is 17.6 Å². The summed E-state index contributed by atoms with van der Waals surface area (Å²) in [4.78, 5) is 10.8. The fourth-order valence-electron chi connectivity index (χ4n) is 2.00. The molecule has 1 aromatic carbocycles. The Hall–Kier alpha value is -1.26. The summed E-state index contributed by atoms with van der Waals surface area (Å²) in [5, 5.41) is 9.32. The van der Waals surface area contributed by atoms with Crippen LogP contribution in [-0.4, -0.2) is 18.2 Å². The smallest absolute Gasteiger partial charge is 0.305 e. The van der Waals surface area contributed by atoms with E-state index in [0.717, 1.165) is 11.1 Å². The average Bonchev–Trinajstić information content (AvgIpc) is 2.26. The standard InChI is InChI=1S/C13H18ClNO3/c1-7(2)13-9(10(15)6-12(16)17)4-8(14)5-11(13)18-3/h4-5,7,10H,6,15H2,1-3H3,(H,16,17). The summed E-state index contributed by atoms with van der Waals surface area (Å²) in [6.45, 7) is 4.01. The van der Waals surface area contributed by atoms with Crippen LogP contribution in [-0.2, 0) is 4.79 Å². The van der Waals surface area contributed by atoms with E-state index in [2.05, 4.69) is 0 Å². The van der Waals surface area contributed by atoms with Crippen molar-refractivity contribution < 1.29 is 14.6 Å². The maximum atomic E-state index is 10.8. The largest absolute Gasteiger partial charge is 0.496 e. The normalized spacial score (nSPS) is 12.6. The summed E-state index contributed by atoms with van der Waals surface area (Å²) in [6, 6.07) is 2.84. The van der Waals surface area contributed by atoms with Crippen LogP contribution < -0.4 is 10.5 Å². The highest BCUT2D eigenvalue weighted by Crippen LogP contribution is 2.36. The number of carboxylic acid groups (broad SMARTS) is 1. The van der Waals surface area contributed by atoms with E-state index in [9.17, 15) is 4.79 Å². The predicted molar refractivity (Wildman–Crippen MR) is 71.3 cm³/mol. The number of rotatable bonds is 5. The van der Waals surface area contributed by atoms with Crippen LogP contribution in [0.1, 0.15) is 43.4 Å². The van der Waals surface area contributed by atoms with E-state index in [0.29, 0.717) is 10.8 Å². The van der Waals surface area contributed by atoms with Gasteiger partial charge in [-0.15, -0.1) is 0 Å². The van der Waals surface area contributed by atoms with Gasteiger partial charge < -0.3 is 15.6 Å². The third-order valence-electron chi connectivity index (χ3n) is 2.73. The highest BCUT2D eigenvalue weighted by Gasteiger charge is 2.20. The fraction of sp³-hybridized carbons (Fsp3) is 0.462. The van der Waals surface area contributed by atoms with Gasteiger partial charge in [0.25, 0.3) is 0 Å². The molecule has 0 aliphatic carbocycles. The lowest BCUT2D eigenvalue weighted by atomic mass is 9.91. The monoisotopic (exact) mass is 271 g/mol. The Morgan fingerprint density at radius 2 is 2.11 bits per heavy atom. The Morgan fingerprint density at radius 1 is 1.50 bits per heavy atom.